The lowest BCUT2D eigenvalue weighted by Crippen LogP contribution is -2.68. The second kappa shape index (κ2) is 7.82. The van der Waals surface area contributed by atoms with Crippen LogP contribution in [0.5, 0.6) is 0 Å². The molecule has 2 saturated heterocycles. The van der Waals surface area contributed by atoms with Crippen LogP contribution in [-0.4, -0.2) is 66.2 Å². The first-order valence-corrected chi connectivity index (χ1v) is 11.7. The molecular weight excluding hydrogens is 362 g/mol. The first-order chi connectivity index (χ1) is 13.0. The molecule has 4 aliphatic rings. The lowest BCUT2D eigenvalue weighted by atomic mass is 9.57. The zero-order valence-electron chi connectivity index (χ0n) is 16.5. The second-order valence-corrected chi connectivity index (χ2v) is 10.4. The van der Waals surface area contributed by atoms with Gasteiger partial charge in [0.1, 0.15) is 0 Å². The maximum atomic E-state index is 12.7. The highest BCUT2D eigenvalue weighted by atomic mass is 32.2. The molecular formula is C20H33N3O3S. The van der Waals surface area contributed by atoms with E-state index in [9.17, 15) is 9.59 Å². The van der Waals surface area contributed by atoms with Crippen molar-refractivity contribution in [3.63, 3.8) is 0 Å². The summed E-state index contributed by atoms with van der Waals surface area (Å²) in [4.78, 5) is 27.2. The Morgan fingerprint density at radius 3 is 2.44 bits per heavy atom. The highest BCUT2D eigenvalue weighted by molar-refractivity contribution is 7.99. The number of hydrogen-bond acceptors (Lipinski definition) is 4. The van der Waals surface area contributed by atoms with Gasteiger partial charge in [-0.1, -0.05) is 13.8 Å². The molecule has 2 saturated carbocycles. The Labute approximate surface area is 166 Å². The molecule has 152 valence electrons. The second-order valence-electron chi connectivity index (χ2n) is 9.15. The molecule has 0 bridgehead atoms. The van der Waals surface area contributed by atoms with Crippen LogP contribution in [-0.2, 0) is 9.53 Å². The number of nitrogens with zero attached hydrogens (tertiary/aromatic N) is 1. The molecule has 0 unspecified atom stereocenters. The standard InChI is InChI=1S/C20H33N3O3S/c1-20(2)16(15-7-10-26-17(15)20)22-19(25)21-14-5-3-13(4-6-14)18(24)23-8-11-27-12-9-23/h13-17H,3-12H2,1-2H3,(H2,21,22,25)/t13?,14?,15-,16-,17-/m1/s1. The minimum absolute atomic E-state index is 0.00924. The van der Waals surface area contributed by atoms with Gasteiger partial charge in [-0.05, 0) is 32.1 Å². The average Bonchev–Trinajstić information content (AvgIpc) is 3.14. The van der Waals surface area contributed by atoms with Crippen molar-refractivity contribution in [3.8, 4) is 0 Å². The lowest BCUT2D eigenvalue weighted by molar-refractivity contribution is -0.136. The molecule has 7 heteroatoms. The third kappa shape index (κ3) is 3.82. The molecule has 2 heterocycles. The predicted molar refractivity (Wildman–Crippen MR) is 107 cm³/mol. The minimum Gasteiger partial charge on any atom is -0.377 e. The molecule has 0 aromatic rings. The number of amides is 3. The Morgan fingerprint density at radius 1 is 1.04 bits per heavy atom. The molecule has 2 aliphatic heterocycles. The Balaban J connectivity index is 1.21. The van der Waals surface area contributed by atoms with E-state index in [1.54, 1.807) is 0 Å². The van der Waals surface area contributed by atoms with Crippen molar-refractivity contribution in [1.29, 1.82) is 0 Å². The fourth-order valence-electron chi connectivity index (χ4n) is 5.51. The maximum absolute atomic E-state index is 12.7. The summed E-state index contributed by atoms with van der Waals surface area (Å²) < 4.78 is 5.80. The molecule has 4 rings (SSSR count). The molecule has 0 aromatic carbocycles. The van der Waals surface area contributed by atoms with E-state index in [2.05, 4.69) is 24.5 Å². The van der Waals surface area contributed by atoms with Crippen LogP contribution in [0.2, 0.25) is 0 Å². The van der Waals surface area contributed by atoms with Crippen LogP contribution in [0.15, 0.2) is 0 Å². The molecule has 0 aromatic heterocycles. The van der Waals surface area contributed by atoms with E-state index in [1.165, 1.54) is 0 Å². The van der Waals surface area contributed by atoms with Crippen LogP contribution < -0.4 is 10.6 Å². The Kier molecular flexibility index (Phi) is 5.61. The monoisotopic (exact) mass is 395 g/mol. The van der Waals surface area contributed by atoms with Gasteiger partial charge < -0.3 is 20.3 Å². The molecule has 2 aliphatic carbocycles. The number of urea groups is 1. The SMILES string of the molecule is CC1(C)[C@H](NC(=O)NC2CCC(C(=O)N3CCSCC3)CC2)[C@H]2CCO[C@H]21. The summed E-state index contributed by atoms with van der Waals surface area (Å²) in [6.45, 7) is 6.97. The van der Waals surface area contributed by atoms with Crippen molar-refractivity contribution in [2.24, 2.45) is 17.3 Å². The zero-order valence-corrected chi connectivity index (χ0v) is 17.4. The number of ether oxygens (including phenoxy) is 1. The molecule has 2 N–H and O–H groups in total. The summed E-state index contributed by atoms with van der Waals surface area (Å²) in [6, 6.07) is 0.325. The van der Waals surface area contributed by atoms with Crippen molar-refractivity contribution in [3.05, 3.63) is 0 Å². The molecule has 3 atom stereocenters. The van der Waals surface area contributed by atoms with Crippen LogP contribution in [0.3, 0.4) is 0 Å². The Bertz CT molecular complexity index is 571. The molecule has 0 spiro atoms. The van der Waals surface area contributed by atoms with E-state index < -0.39 is 0 Å². The first kappa shape index (κ1) is 19.4. The molecule has 4 fully saturated rings. The van der Waals surface area contributed by atoms with E-state index in [1.807, 2.05) is 16.7 Å². The summed E-state index contributed by atoms with van der Waals surface area (Å²) in [5.41, 5.74) is 0.00924. The lowest BCUT2D eigenvalue weighted by Gasteiger charge is -2.54. The first-order valence-electron chi connectivity index (χ1n) is 10.5. The molecule has 6 nitrogen and oxygen atoms in total. The fraction of sp³-hybridized carbons (Fsp3) is 0.900. The van der Waals surface area contributed by atoms with Crippen molar-refractivity contribution in [2.45, 2.75) is 64.1 Å². The van der Waals surface area contributed by atoms with Gasteiger partial charge in [0.15, 0.2) is 0 Å². The molecule has 3 amide bonds. The van der Waals surface area contributed by atoms with Crippen molar-refractivity contribution in [1.82, 2.24) is 15.5 Å². The van der Waals surface area contributed by atoms with E-state index in [4.69, 9.17) is 4.74 Å². The van der Waals surface area contributed by atoms with E-state index in [0.717, 1.165) is 63.3 Å². The number of hydrogen-bond donors (Lipinski definition) is 2. The van der Waals surface area contributed by atoms with Gasteiger partial charge in [-0.15, -0.1) is 0 Å². The van der Waals surface area contributed by atoms with Crippen molar-refractivity contribution >= 4 is 23.7 Å². The third-order valence-electron chi connectivity index (χ3n) is 7.12. The number of thioether (sulfide) groups is 1. The van der Waals surface area contributed by atoms with Gasteiger partial charge in [0.25, 0.3) is 0 Å². The minimum atomic E-state index is -0.0544. The summed E-state index contributed by atoms with van der Waals surface area (Å²) >= 11 is 1.93. The van der Waals surface area contributed by atoms with Gasteiger partial charge in [0.2, 0.25) is 5.91 Å². The number of carbonyl (C=O) groups excluding carboxylic acids is 2. The predicted octanol–water partition coefficient (Wildman–Crippen LogP) is 2.23. The van der Waals surface area contributed by atoms with Gasteiger partial charge >= 0.3 is 6.03 Å². The Hall–Kier alpha value is -0.950. The Morgan fingerprint density at radius 2 is 1.74 bits per heavy atom. The number of fused-ring (bicyclic) bond motifs is 1. The normalized spacial score (nSPS) is 37.9. The van der Waals surface area contributed by atoms with Gasteiger partial charge in [-0.25, -0.2) is 4.79 Å². The highest BCUT2D eigenvalue weighted by Crippen LogP contribution is 2.52. The largest absolute Gasteiger partial charge is 0.377 e. The van der Waals surface area contributed by atoms with Crippen molar-refractivity contribution < 1.29 is 14.3 Å². The quantitative estimate of drug-likeness (QED) is 0.769. The number of nitrogens with one attached hydrogen (secondary N) is 2. The fourth-order valence-corrected chi connectivity index (χ4v) is 6.42. The number of rotatable bonds is 3. The highest BCUT2D eigenvalue weighted by Gasteiger charge is 2.59. The van der Waals surface area contributed by atoms with E-state index in [0.29, 0.717) is 11.8 Å². The topological polar surface area (TPSA) is 70.7 Å². The smallest absolute Gasteiger partial charge is 0.315 e. The summed E-state index contributed by atoms with van der Waals surface area (Å²) in [6.07, 6.45) is 4.91. The zero-order chi connectivity index (χ0) is 19.0. The van der Waals surface area contributed by atoms with Crippen LogP contribution in [0.25, 0.3) is 0 Å². The van der Waals surface area contributed by atoms with Gasteiger partial charge in [0, 0.05) is 60.5 Å². The van der Waals surface area contributed by atoms with Crippen LogP contribution >= 0.6 is 11.8 Å². The molecule has 27 heavy (non-hydrogen) atoms. The van der Waals surface area contributed by atoms with Crippen LogP contribution in [0.1, 0.15) is 46.0 Å². The van der Waals surface area contributed by atoms with E-state index >= 15 is 0 Å². The van der Waals surface area contributed by atoms with Gasteiger partial charge in [0.05, 0.1) is 6.10 Å². The summed E-state index contributed by atoms with van der Waals surface area (Å²) in [5.74, 6) is 3.07. The van der Waals surface area contributed by atoms with Gasteiger partial charge in [-0.3, -0.25) is 4.79 Å². The number of carbonyl (C=O) groups is 2. The van der Waals surface area contributed by atoms with Crippen LogP contribution in [0, 0.1) is 17.3 Å². The molecule has 0 radical (unpaired) electrons. The summed E-state index contributed by atoms with van der Waals surface area (Å²) in [7, 11) is 0. The van der Waals surface area contributed by atoms with Gasteiger partial charge in [-0.2, -0.15) is 11.8 Å². The average molecular weight is 396 g/mol. The maximum Gasteiger partial charge on any atom is 0.315 e. The summed E-state index contributed by atoms with van der Waals surface area (Å²) in [5, 5.41) is 6.36. The van der Waals surface area contributed by atoms with E-state index in [-0.39, 0.29) is 35.6 Å². The van der Waals surface area contributed by atoms with Crippen molar-refractivity contribution in [2.75, 3.05) is 31.2 Å². The third-order valence-corrected chi connectivity index (χ3v) is 8.06. The van der Waals surface area contributed by atoms with Crippen LogP contribution in [0.4, 0.5) is 4.79 Å².